The number of amides is 3. The Hall–Kier alpha value is -2.37. The topological polar surface area (TPSA) is 66.5 Å². The van der Waals surface area contributed by atoms with Crippen LogP contribution in [0, 0.1) is 11.8 Å². The Bertz CT molecular complexity index is 957. The predicted octanol–water partition coefficient (Wildman–Crippen LogP) is 5.03. The molecule has 2 aromatic rings. The summed E-state index contributed by atoms with van der Waals surface area (Å²) >= 11 is 12.1. The van der Waals surface area contributed by atoms with Crippen molar-refractivity contribution in [2.75, 3.05) is 11.9 Å². The van der Waals surface area contributed by atoms with E-state index in [1.54, 1.807) is 42.5 Å². The molecule has 1 heterocycles. The van der Waals surface area contributed by atoms with E-state index in [-0.39, 0.29) is 36.1 Å². The summed E-state index contributed by atoms with van der Waals surface area (Å²) in [5.74, 6) is -1.08. The maximum atomic E-state index is 13.0. The third-order valence-electron chi connectivity index (χ3n) is 5.73. The summed E-state index contributed by atoms with van der Waals surface area (Å²) in [6, 6.07) is 11.8. The first-order chi connectivity index (χ1) is 14.0. The van der Waals surface area contributed by atoms with Gasteiger partial charge < -0.3 is 5.32 Å². The van der Waals surface area contributed by atoms with Crippen LogP contribution in [0.15, 0.2) is 42.5 Å². The zero-order valence-corrected chi connectivity index (χ0v) is 17.2. The minimum Gasteiger partial charge on any atom is -0.325 e. The lowest BCUT2D eigenvalue weighted by Gasteiger charge is -2.32. The van der Waals surface area contributed by atoms with Crippen LogP contribution in [0.4, 0.5) is 5.69 Å². The second-order valence-electron chi connectivity index (χ2n) is 7.53. The van der Waals surface area contributed by atoms with E-state index in [1.165, 1.54) is 4.90 Å². The molecule has 0 radical (unpaired) electrons. The van der Waals surface area contributed by atoms with Crippen molar-refractivity contribution in [1.82, 2.24) is 4.90 Å². The molecule has 2 atom stereocenters. The largest absolute Gasteiger partial charge is 0.325 e. The molecule has 1 aliphatic heterocycles. The smallest absolute Gasteiger partial charge is 0.261 e. The summed E-state index contributed by atoms with van der Waals surface area (Å²) in [6.07, 6.45) is 3.41. The molecule has 7 heteroatoms. The number of nitrogens with zero attached hydrogens (tertiary/aromatic N) is 1. The number of halogens is 2. The van der Waals surface area contributed by atoms with E-state index in [0.717, 1.165) is 19.3 Å². The molecule has 0 spiro atoms. The molecule has 0 bridgehead atoms. The molecule has 0 aromatic heterocycles. The van der Waals surface area contributed by atoms with Gasteiger partial charge in [0.25, 0.3) is 11.8 Å². The number of benzene rings is 2. The van der Waals surface area contributed by atoms with Gasteiger partial charge in [-0.05, 0) is 49.1 Å². The van der Waals surface area contributed by atoms with Crippen molar-refractivity contribution in [1.29, 1.82) is 0 Å². The van der Waals surface area contributed by atoms with Crippen molar-refractivity contribution in [3.05, 3.63) is 63.6 Å². The van der Waals surface area contributed by atoms with Crippen LogP contribution in [-0.2, 0) is 4.79 Å². The predicted molar refractivity (Wildman–Crippen MR) is 112 cm³/mol. The Morgan fingerprint density at radius 3 is 2.31 bits per heavy atom. The van der Waals surface area contributed by atoms with E-state index >= 15 is 0 Å². The minimum atomic E-state index is -0.292. The van der Waals surface area contributed by atoms with Crippen molar-refractivity contribution >= 4 is 46.6 Å². The molecule has 4 rings (SSSR count). The Labute approximate surface area is 179 Å². The molecule has 5 nitrogen and oxygen atoms in total. The van der Waals surface area contributed by atoms with Gasteiger partial charge in [-0.25, -0.2) is 0 Å². The maximum Gasteiger partial charge on any atom is 0.261 e. The van der Waals surface area contributed by atoms with Gasteiger partial charge in [0.2, 0.25) is 5.91 Å². The van der Waals surface area contributed by atoms with Crippen LogP contribution in [0.5, 0.6) is 0 Å². The Morgan fingerprint density at radius 2 is 1.66 bits per heavy atom. The molecule has 2 unspecified atom stereocenters. The third-order valence-corrected chi connectivity index (χ3v) is 6.28. The van der Waals surface area contributed by atoms with Gasteiger partial charge >= 0.3 is 0 Å². The number of anilines is 1. The second-order valence-corrected chi connectivity index (χ2v) is 8.37. The molecule has 2 aromatic carbocycles. The fourth-order valence-corrected chi connectivity index (χ4v) is 4.68. The molecule has 2 aliphatic rings. The first kappa shape index (κ1) is 19.9. The second kappa shape index (κ2) is 8.17. The highest BCUT2D eigenvalue weighted by atomic mass is 35.5. The van der Waals surface area contributed by atoms with E-state index in [1.807, 2.05) is 0 Å². The molecular weight excluding hydrogens is 411 g/mol. The van der Waals surface area contributed by atoms with E-state index in [2.05, 4.69) is 5.32 Å². The van der Waals surface area contributed by atoms with Crippen molar-refractivity contribution in [3.8, 4) is 0 Å². The van der Waals surface area contributed by atoms with Crippen LogP contribution >= 0.6 is 23.2 Å². The molecular formula is C22H20Cl2N2O3. The molecule has 1 aliphatic carbocycles. The average molecular weight is 431 g/mol. The number of fused-ring (bicyclic) bond motifs is 1. The molecule has 1 fully saturated rings. The van der Waals surface area contributed by atoms with Gasteiger partial charge in [-0.2, -0.15) is 0 Å². The van der Waals surface area contributed by atoms with Crippen molar-refractivity contribution < 1.29 is 14.4 Å². The number of hydrogen-bond acceptors (Lipinski definition) is 3. The van der Waals surface area contributed by atoms with Gasteiger partial charge in [0.05, 0.1) is 21.8 Å². The van der Waals surface area contributed by atoms with Crippen LogP contribution in [-0.4, -0.2) is 29.2 Å². The summed E-state index contributed by atoms with van der Waals surface area (Å²) in [7, 11) is 0. The van der Waals surface area contributed by atoms with E-state index in [9.17, 15) is 14.4 Å². The third kappa shape index (κ3) is 3.89. The zero-order valence-electron chi connectivity index (χ0n) is 15.7. The Kier molecular flexibility index (Phi) is 5.61. The monoisotopic (exact) mass is 430 g/mol. The van der Waals surface area contributed by atoms with Crippen LogP contribution in [0.2, 0.25) is 10.0 Å². The maximum absolute atomic E-state index is 13.0. The molecule has 1 saturated carbocycles. The average Bonchev–Trinajstić information content (AvgIpc) is 2.96. The van der Waals surface area contributed by atoms with Crippen molar-refractivity contribution in [3.63, 3.8) is 0 Å². The van der Waals surface area contributed by atoms with Gasteiger partial charge in [0.15, 0.2) is 0 Å². The lowest BCUT2D eigenvalue weighted by Crippen LogP contribution is -2.41. The highest BCUT2D eigenvalue weighted by molar-refractivity contribution is 6.36. The minimum absolute atomic E-state index is 0.0861. The lowest BCUT2D eigenvalue weighted by molar-refractivity contribution is -0.122. The summed E-state index contributed by atoms with van der Waals surface area (Å²) in [5.41, 5.74) is 1.37. The normalized spacial score (nSPS) is 21.2. The number of carbonyl (C=O) groups is 3. The number of nitrogens with one attached hydrogen (secondary N) is 1. The highest BCUT2D eigenvalue weighted by Gasteiger charge is 2.40. The Balaban J connectivity index is 1.50. The number of hydrogen-bond donors (Lipinski definition) is 1. The zero-order chi connectivity index (χ0) is 20.5. The standard InChI is InChI=1S/C22H20Cl2N2O3/c23-14-9-10-19(18(24)11-14)25-20(27)15-6-2-1-5-13(15)12-26-21(28)16-7-3-4-8-17(16)22(26)29/h3-4,7-11,13,15H,1-2,5-6,12H2,(H,25,27). The summed E-state index contributed by atoms with van der Waals surface area (Å²) in [5, 5.41) is 3.75. The van der Waals surface area contributed by atoms with Gasteiger partial charge in [0, 0.05) is 17.5 Å². The quantitative estimate of drug-likeness (QED) is 0.691. The van der Waals surface area contributed by atoms with E-state index < -0.39 is 0 Å². The van der Waals surface area contributed by atoms with Crippen LogP contribution in [0.1, 0.15) is 46.4 Å². The SMILES string of the molecule is O=C(Nc1ccc(Cl)cc1Cl)C1CCCCC1CN1C(=O)c2ccccc2C1=O. The molecule has 0 saturated heterocycles. The summed E-state index contributed by atoms with van der Waals surface area (Å²) in [6.45, 7) is 0.249. The van der Waals surface area contributed by atoms with Gasteiger partial charge in [-0.15, -0.1) is 0 Å². The van der Waals surface area contributed by atoms with E-state index in [4.69, 9.17) is 23.2 Å². The fourth-order valence-electron chi connectivity index (χ4n) is 4.23. The Morgan fingerprint density at radius 1 is 1.00 bits per heavy atom. The first-order valence-corrected chi connectivity index (χ1v) is 10.4. The van der Waals surface area contributed by atoms with Crippen LogP contribution in [0.3, 0.4) is 0 Å². The van der Waals surface area contributed by atoms with Crippen LogP contribution in [0.25, 0.3) is 0 Å². The van der Waals surface area contributed by atoms with Crippen LogP contribution < -0.4 is 5.32 Å². The van der Waals surface area contributed by atoms with Gasteiger partial charge in [-0.3, -0.25) is 19.3 Å². The van der Waals surface area contributed by atoms with Crippen molar-refractivity contribution in [2.24, 2.45) is 11.8 Å². The van der Waals surface area contributed by atoms with E-state index in [0.29, 0.717) is 33.3 Å². The van der Waals surface area contributed by atoms with Gasteiger partial charge in [-0.1, -0.05) is 48.2 Å². The van der Waals surface area contributed by atoms with Crippen molar-refractivity contribution in [2.45, 2.75) is 25.7 Å². The lowest BCUT2D eigenvalue weighted by atomic mass is 9.78. The summed E-state index contributed by atoms with van der Waals surface area (Å²) in [4.78, 5) is 39.7. The molecule has 3 amide bonds. The number of carbonyl (C=O) groups excluding carboxylic acids is 3. The highest BCUT2D eigenvalue weighted by Crippen LogP contribution is 2.35. The summed E-state index contributed by atoms with van der Waals surface area (Å²) < 4.78 is 0. The fraction of sp³-hybridized carbons (Fsp3) is 0.318. The number of rotatable bonds is 4. The first-order valence-electron chi connectivity index (χ1n) is 9.67. The van der Waals surface area contributed by atoms with Gasteiger partial charge in [0.1, 0.15) is 0 Å². The molecule has 1 N–H and O–H groups in total. The molecule has 29 heavy (non-hydrogen) atoms. The number of imide groups is 1. The molecule has 150 valence electrons.